The number of esters is 2. The van der Waals surface area contributed by atoms with Crippen LogP contribution in [0.25, 0.3) is 0 Å². The largest absolute Gasteiger partial charge is 0.524 e. The van der Waals surface area contributed by atoms with Gasteiger partial charge in [0.15, 0.2) is 12.2 Å². The number of nitrogens with zero attached hydrogens (tertiary/aromatic N) is 6. The number of aliphatic hydroxyl groups is 4. The number of halogens is 10. The van der Waals surface area contributed by atoms with Gasteiger partial charge in [-0.3, -0.25) is 52.7 Å². The first-order valence-corrected chi connectivity index (χ1v) is 53.0. The maximum absolute atomic E-state index is 11.4. The van der Waals surface area contributed by atoms with Crippen LogP contribution in [0.3, 0.4) is 0 Å². The smallest absolute Gasteiger partial charge is 0.479 e. The number of rotatable bonds is 26. The molecule has 4 bridgehead atoms. The lowest BCUT2D eigenvalue weighted by Gasteiger charge is -2.61. The lowest BCUT2D eigenvalue weighted by atomic mass is 9.19. The van der Waals surface area contributed by atoms with Crippen molar-refractivity contribution in [3.05, 3.63) is 0 Å². The van der Waals surface area contributed by atoms with Crippen molar-refractivity contribution >= 4 is 154 Å². The highest BCUT2D eigenvalue weighted by Gasteiger charge is 2.59. The van der Waals surface area contributed by atoms with Gasteiger partial charge in [0.05, 0.1) is 20.1 Å². The summed E-state index contributed by atoms with van der Waals surface area (Å²) in [6.07, 6.45) is 44.2. The zero-order valence-electron chi connectivity index (χ0n) is 85.2. The summed E-state index contributed by atoms with van der Waals surface area (Å²) in [5, 5.41) is 46.9. The Morgan fingerprint density at radius 3 is 0.856 bits per heavy atom. The topological polar surface area (TPSA) is 450 Å². The number of aliphatic carboxylic acids is 1. The van der Waals surface area contributed by atoms with Crippen LogP contribution in [0.15, 0.2) is 0 Å². The molecule has 6 amide bonds. The zero-order chi connectivity index (χ0) is 106. The van der Waals surface area contributed by atoms with Gasteiger partial charge in [-0.1, -0.05) is 221 Å². The minimum absolute atomic E-state index is 0. The molecule has 2 saturated heterocycles. The summed E-state index contributed by atoms with van der Waals surface area (Å²) in [5.41, 5.74) is -11.8. The molecule has 810 valence electrons. The van der Waals surface area contributed by atoms with Gasteiger partial charge < -0.3 is 69.7 Å². The summed E-state index contributed by atoms with van der Waals surface area (Å²) >= 11 is 12.4. The lowest BCUT2D eigenvalue weighted by Crippen LogP contribution is -2.53. The number of carboxylic acid groups (broad SMARTS) is 1. The van der Waals surface area contributed by atoms with E-state index in [4.69, 9.17) is 10.2 Å². The minimum atomic E-state index is -6.85. The molecule has 6 N–H and O–H groups in total. The lowest BCUT2D eigenvalue weighted by molar-refractivity contribution is -0.151. The normalized spacial score (nSPS) is 21.4. The SMILES string of the molecule is BrCC1CCC1.CC1(C)C2CC(B3C4CCCC3CCC4)CC1C2.CN(C)C(=O)C(=O)CC1CCC1.CN(C)C(=O)C(=O)CC1CCC1.CN(C)C(=O)C(=O)N(C)C.CN(C)C(=O)C(O)CC1CCC1.CN(C)C(=O)[C@@H](O)CC1CCC1.CNC.COC(=O)C(C)CC1CCC1.COC(=O)C(O)CC1CCC1.Cl.O=C(Cl)C(=O)Cl.O=C(O)C(O)CC1CCC1.O=S(=O)(OS(=O)(=O)C(F)(F)F)C(F)(F)F. The fourth-order valence-electron chi connectivity index (χ4n) is 17.2. The summed E-state index contributed by atoms with van der Waals surface area (Å²) in [4.78, 5) is 147. The molecule has 0 aromatic heterocycles. The van der Waals surface area contributed by atoms with Crippen molar-refractivity contribution in [2.75, 3.05) is 118 Å². The predicted octanol–water partition coefficient (Wildman–Crippen LogP) is 14.5. The fraction of sp³-hybridized carbons (Fsp3) is 0.862. The molecular weight excluding hydrogens is 2000 g/mol. The third-order valence-electron chi connectivity index (χ3n) is 27.7. The molecule has 139 heavy (non-hydrogen) atoms. The molecule has 0 aromatic carbocycles. The van der Waals surface area contributed by atoms with Gasteiger partial charge in [0.1, 0.15) is 18.9 Å². The maximum atomic E-state index is 11.4. The van der Waals surface area contributed by atoms with Gasteiger partial charge in [-0.2, -0.15) is 43.2 Å². The Bertz CT molecular complexity index is 3730. The molecule has 6 unspecified atom stereocenters. The molecule has 2 heterocycles. The number of ketones is 2. The molecule has 0 aromatic rings. The second-order valence-electron chi connectivity index (χ2n) is 40.1. The summed E-state index contributed by atoms with van der Waals surface area (Å²) in [6.45, 7) is 8.20. The van der Waals surface area contributed by atoms with Crippen LogP contribution < -0.4 is 5.32 Å². The number of likely N-dealkylation sites (N-methyl/N-ethyl adjacent to an activating group) is 6. The van der Waals surface area contributed by atoms with Crippen LogP contribution in [-0.2, 0) is 95.7 Å². The van der Waals surface area contributed by atoms with E-state index in [0.29, 0.717) is 79.4 Å². The van der Waals surface area contributed by atoms with Crippen molar-refractivity contribution in [2.45, 2.75) is 330 Å². The number of methoxy groups -OCH3 is 2. The number of carbonyl (C=O) groups is 13. The first-order chi connectivity index (χ1) is 63.9. The van der Waals surface area contributed by atoms with E-state index in [1.165, 1.54) is 152 Å². The molecule has 13 rings (SSSR count). The molecule has 0 spiro atoms. The first-order valence-electron chi connectivity index (χ1n) is 48.3. The Balaban J connectivity index is 0. The quantitative estimate of drug-likeness (QED) is 0.00891. The highest BCUT2D eigenvalue weighted by molar-refractivity contribution is 9.09. The van der Waals surface area contributed by atoms with Gasteiger partial charge >= 0.3 is 71.5 Å². The van der Waals surface area contributed by atoms with Gasteiger partial charge in [0, 0.05) is 103 Å². The predicted molar refractivity (Wildman–Crippen MR) is 526 cm³/mol. The number of carboxylic acids is 1. The summed E-state index contributed by atoms with van der Waals surface area (Å²) in [6, 6.07) is 0. The molecule has 0 radical (unpaired) electrons. The molecule has 2 aliphatic heterocycles. The van der Waals surface area contributed by atoms with E-state index in [1.54, 1.807) is 142 Å². The first kappa shape index (κ1) is 136. The molecular formula is C94H164BBrCl3F6N7O25S2. The van der Waals surface area contributed by atoms with E-state index < -0.39 is 89.9 Å². The number of aliphatic hydroxyl groups excluding tert-OH is 4. The Labute approximate surface area is 846 Å². The maximum Gasteiger partial charge on any atom is 0.524 e. The van der Waals surface area contributed by atoms with Crippen LogP contribution >= 0.6 is 51.5 Å². The van der Waals surface area contributed by atoms with Crippen LogP contribution in [0, 0.1) is 70.5 Å². The standard InChI is InChI=1S/C17H29B.2C9H17NO2.2C9H15NO2.C9H16O2.C8H14O3.C7H12O3.C6H12N2O2.C5H9Br.C2Cl2O2.C2F6O5S2.C2H7N.ClH/c1-17(2)12-9-13(17)11-16(10-12)18-14-5-3-6-15(18)8-4-7-14;4*1-10(2)9(12)8(11)6-7-4-3-5-7;1-7(9(10)11-2)6-8-4-3-5-8;1-11-8(10)7(9)5-6-3-2-4-6;8-6(7(9)10)4-5-2-1-3-5;1-7(2)5(9)6(10)8(3)4;6-4-5-2-1-3-5;3-1(5)2(4)6;3-1(4,5)14(9,10)13-15(11,12)2(6,7)8;1-3-2;/h12-16H,3-11H2,1-2H3;2*7-8,11H,3-6H2,1-2H3;2*7H,3-6H2,1-2H3;7-8H,3-6H2,1-2H3;6-7,9H,2-5H2,1H3;5-6,8H,1-4H2,(H,9,10);1-4H3;5H,1-4H2;;;3H,1-2H3;1H/t;8-;;;;;;;;;;;;/m.0............/s1. The fourth-order valence-corrected chi connectivity index (χ4v) is 19.4. The average molecular weight is 2170 g/mol. The molecule has 11 aliphatic carbocycles. The minimum Gasteiger partial charge on any atom is -0.479 e. The van der Waals surface area contributed by atoms with Gasteiger partial charge in [0.2, 0.25) is 11.6 Å². The van der Waals surface area contributed by atoms with Crippen molar-refractivity contribution < 1.29 is 144 Å². The molecule has 45 heteroatoms. The van der Waals surface area contributed by atoms with Crippen LogP contribution in [0.5, 0.6) is 0 Å². The van der Waals surface area contributed by atoms with Crippen molar-refractivity contribution in [1.29, 1.82) is 0 Å². The average Bonchev–Trinajstić information content (AvgIpc) is 0.727. The molecule has 13 fully saturated rings. The van der Waals surface area contributed by atoms with Gasteiger partial charge in [-0.25, -0.2) is 9.59 Å². The third-order valence-corrected chi connectivity index (χ3v) is 31.6. The number of Topliss-reactive ketones (excluding diaryl/α,β-unsaturated/α-hetero) is 2. The number of amides is 6. The van der Waals surface area contributed by atoms with Crippen molar-refractivity contribution in [3.8, 4) is 0 Å². The van der Waals surface area contributed by atoms with E-state index in [0.717, 1.165) is 106 Å². The van der Waals surface area contributed by atoms with Gasteiger partial charge in [-0.15, -0.1) is 16.0 Å². The van der Waals surface area contributed by atoms with Crippen LogP contribution in [0.2, 0.25) is 17.5 Å². The Morgan fingerprint density at radius 1 is 0.403 bits per heavy atom. The molecule has 7 atom stereocenters. The molecule has 13 aliphatic rings. The Morgan fingerprint density at radius 2 is 0.655 bits per heavy atom. The highest BCUT2D eigenvalue weighted by atomic mass is 79.9. The molecule has 11 saturated carbocycles. The highest BCUT2D eigenvalue weighted by Crippen LogP contribution is 2.66. The third kappa shape index (κ3) is 52.0. The number of alkyl halides is 7. The Kier molecular flexibility index (Phi) is 66.4. The number of hydrogen-bond acceptors (Lipinski definition) is 25. The van der Waals surface area contributed by atoms with E-state index >= 15 is 0 Å². The Hall–Kier alpha value is -5.44. The molecule has 32 nitrogen and oxygen atoms in total. The number of hydrogen-bond donors (Lipinski definition) is 6. The van der Waals surface area contributed by atoms with Gasteiger partial charge in [-0.05, 0) is 179 Å². The summed E-state index contributed by atoms with van der Waals surface area (Å²) in [5.74, 6) is 6.53. The van der Waals surface area contributed by atoms with Crippen LogP contribution in [0.4, 0.5) is 26.3 Å². The van der Waals surface area contributed by atoms with E-state index in [-0.39, 0.29) is 59.5 Å². The van der Waals surface area contributed by atoms with Crippen LogP contribution in [0.1, 0.15) is 278 Å². The second-order valence-corrected chi connectivity index (χ2v) is 44.8. The van der Waals surface area contributed by atoms with E-state index in [9.17, 15) is 121 Å². The van der Waals surface area contributed by atoms with Crippen LogP contribution in [-0.4, -0.2) is 308 Å². The second kappa shape index (κ2) is 68.1. The van der Waals surface area contributed by atoms with Crippen molar-refractivity contribution in [1.82, 2.24) is 34.7 Å². The van der Waals surface area contributed by atoms with E-state index in [1.807, 2.05) is 24.6 Å². The number of nitrogens with one attached hydrogen (secondary N) is 1. The number of carbonyl (C=O) groups excluding carboxylic acids is 12. The number of fused-ring (bicyclic) bond motifs is 5. The summed E-state index contributed by atoms with van der Waals surface area (Å²) < 4.78 is 119. The van der Waals surface area contributed by atoms with Crippen molar-refractivity contribution in [3.63, 3.8) is 0 Å². The van der Waals surface area contributed by atoms with Crippen molar-refractivity contribution in [2.24, 2.45) is 70.5 Å². The number of ether oxygens (including phenoxy) is 2. The monoisotopic (exact) mass is 2160 g/mol. The summed E-state index contributed by atoms with van der Waals surface area (Å²) in [7, 11) is 12.1. The zero-order valence-corrected chi connectivity index (χ0v) is 90.7. The van der Waals surface area contributed by atoms with Gasteiger partial charge in [0.25, 0.3) is 23.6 Å². The van der Waals surface area contributed by atoms with E-state index in [2.05, 4.69) is 67.8 Å².